The first kappa shape index (κ1) is 26.9. The number of aromatic hydroxyl groups is 1. The number of phenolic OH excluding ortho intramolecular Hbond substituents is 1. The highest BCUT2D eigenvalue weighted by Crippen LogP contribution is 2.13. The van der Waals surface area contributed by atoms with Gasteiger partial charge >= 0.3 is 5.97 Å². The number of carbonyl (C=O) groups is 4. The fourth-order valence-corrected chi connectivity index (χ4v) is 2.78. The van der Waals surface area contributed by atoms with Gasteiger partial charge in [0.25, 0.3) is 0 Å². The van der Waals surface area contributed by atoms with Gasteiger partial charge in [0.15, 0.2) is 0 Å². The molecule has 0 aliphatic heterocycles. The van der Waals surface area contributed by atoms with E-state index in [0.717, 1.165) is 0 Å². The highest BCUT2D eigenvalue weighted by Gasteiger charge is 2.32. The molecule has 1 aromatic carbocycles. The molecule has 5 atom stereocenters. The lowest BCUT2D eigenvalue weighted by Crippen LogP contribution is -2.59. The Balaban J connectivity index is 3.09. The number of benzene rings is 1. The van der Waals surface area contributed by atoms with Crippen LogP contribution >= 0.6 is 0 Å². The smallest absolute Gasteiger partial charge is 0.328 e. The first-order valence-electron chi connectivity index (χ1n) is 10.3. The van der Waals surface area contributed by atoms with Crippen LogP contribution in [0.25, 0.3) is 0 Å². The van der Waals surface area contributed by atoms with Gasteiger partial charge in [-0.3, -0.25) is 14.4 Å². The van der Waals surface area contributed by atoms with Crippen LogP contribution in [-0.2, 0) is 25.6 Å². The maximum atomic E-state index is 13.0. The molecule has 0 aliphatic rings. The van der Waals surface area contributed by atoms with Gasteiger partial charge in [0, 0.05) is 6.42 Å². The monoisotopic (exact) mass is 452 g/mol. The Morgan fingerprint density at radius 1 is 0.938 bits per heavy atom. The van der Waals surface area contributed by atoms with Gasteiger partial charge in [-0.2, -0.15) is 0 Å². The molecule has 0 spiro atoms. The van der Waals surface area contributed by atoms with Gasteiger partial charge in [0.05, 0.1) is 12.6 Å². The van der Waals surface area contributed by atoms with Crippen LogP contribution in [0.1, 0.15) is 32.8 Å². The summed E-state index contributed by atoms with van der Waals surface area (Å²) in [6.07, 6.45) is 0.553. The highest BCUT2D eigenvalue weighted by atomic mass is 16.4. The average molecular weight is 453 g/mol. The second-order valence-corrected chi connectivity index (χ2v) is 7.67. The predicted octanol–water partition coefficient (Wildman–Crippen LogP) is -1.14. The summed E-state index contributed by atoms with van der Waals surface area (Å²) in [4.78, 5) is 49.0. The minimum Gasteiger partial charge on any atom is -0.508 e. The Labute approximate surface area is 186 Å². The van der Waals surface area contributed by atoms with Crippen molar-refractivity contribution in [3.8, 4) is 5.75 Å². The molecule has 0 heterocycles. The molecule has 3 amide bonds. The maximum Gasteiger partial charge on any atom is 0.328 e. The Morgan fingerprint density at radius 3 is 1.97 bits per heavy atom. The molecule has 5 unspecified atom stereocenters. The van der Waals surface area contributed by atoms with Crippen LogP contribution in [0, 0.1) is 5.92 Å². The minimum absolute atomic E-state index is 0.0414. The lowest BCUT2D eigenvalue weighted by atomic mass is 9.96. The molecule has 178 valence electrons. The van der Waals surface area contributed by atoms with Crippen LogP contribution in [-0.4, -0.2) is 69.8 Å². The Hall–Kier alpha value is -3.18. The number of carbonyl (C=O) groups excluding carboxylic acids is 3. The van der Waals surface area contributed by atoms with Crippen LogP contribution in [0.5, 0.6) is 5.75 Å². The third-order valence-electron chi connectivity index (χ3n) is 5.01. The number of phenols is 1. The largest absolute Gasteiger partial charge is 0.508 e. The van der Waals surface area contributed by atoms with Crippen LogP contribution in [0.3, 0.4) is 0 Å². The fourth-order valence-electron chi connectivity index (χ4n) is 2.78. The lowest BCUT2D eigenvalue weighted by molar-refractivity contribution is -0.143. The van der Waals surface area contributed by atoms with E-state index in [1.54, 1.807) is 26.0 Å². The molecule has 11 heteroatoms. The fraction of sp³-hybridized carbons (Fsp3) is 0.524. The molecule has 11 nitrogen and oxygen atoms in total. The van der Waals surface area contributed by atoms with Gasteiger partial charge in [0.1, 0.15) is 23.9 Å². The Morgan fingerprint density at radius 2 is 1.50 bits per heavy atom. The summed E-state index contributed by atoms with van der Waals surface area (Å²) in [7, 11) is 0. The number of carboxylic acid groups (broad SMARTS) is 1. The predicted molar refractivity (Wildman–Crippen MR) is 115 cm³/mol. The summed E-state index contributed by atoms with van der Waals surface area (Å²) < 4.78 is 0. The molecule has 8 N–H and O–H groups in total. The van der Waals surface area contributed by atoms with E-state index >= 15 is 0 Å². The molecular formula is C21H32N4O7. The summed E-state index contributed by atoms with van der Waals surface area (Å²) in [6.45, 7) is 4.15. The van der Waals surface area contributed by atoms with Crippen molar-refractivity contribution in [2.75, 3.05) is 6.61 Å². The third kappa shape index (κ3) is 8.16. The number of aliphatic carboxylic acids is 1. The number of aliphatic hydroxyl groups is 1. The molecule has 0 aromatic heterocycles. The van der Waals surface area contributed by atoms with E-state index in [1.165, 1.54) is 19.1 Å². The SMILES string of the molecule is CCC(C)C(NC(=O)C(Cc1ccc(O)cc1)NC(=O)C(C)N)C(=O)NC(CO)C(=O)O. The van der Waals surface area contributed by atoms with E-state index in [4.69, 9.17) is 15.9 Å². The van der Waals surface area contributed by atoms with Crippen LogP contribution in [0.15, 0.2) is 24.3 Å². The van der Waals surface area contributed by atoms with Crippen LogP contribution in [0.4, 0.5) is 0 Å². The van der Waals surface area contributed by atoms with Crippen molar-refractivity contribution >= 4 is 23.7 Å². The molecule has 0 fully saturated rings. The zero-order valence-electron chi connectivity index (χ0n) is 18.4. The quantitative estimate of drug-likeness (QED) is 0.207. The molecule has 0 bridgehead atoms. The maximum absolute atomic E-state index is 13.0. The summed E-state index contributed by atoms with van der Waals surface area (Å²) in [5.41, 5.74) is 6.24. The van der Waals surface area contributed by atoms with Gasteiger partial charge in [-0.1, -0.05) is 32.4 Å². The van der Waals surface area contributed by atoms with Gasteiger partial charge in [-0.05, 0) is 30.5 Å². The number of nitrogens with two attached hydrogens (primary N) is 1. The Kier molecular flexibility index (Phi) is 10.6. The van der Waals surface area contributed by atoms with E-state index in [0.29, 0.717) is 12.0 Å². The molecule has 1 rings (SSSR count). The third-order valence-corrected chi connectivity index (χ3v) is 5.01. The topological polar surface area (TPSA) is 191 Å². The molecule has 32 heavy (non-hydrogen) atoms. The van der Waals surface area contributed by atoms with Gasteiger partial charge in [-0.15, -0.1) is 0 Å². The summed E-state index contributed by atoms with van der Waals surface area (Å²) in [5, 5.41) is 35.0. The number of amides is 3. The zero-order chi connectivity index (χ0) is 24.4. The number of carboxylic acids is 1. The lowest BCUT2D eigenvalue weighted by Gasteiger charge is -2.27. The second-order valence-electron chi connectivity index (χ2n) is 7.67. The van der Waals surface area contributed by atoms with E-state index < -0.39 is 54.5 Å². The van der Waals surface area contributed by atoms with Gasteiger partial charge in [0.2, 0.25) is 17.7 Å². The number of hydrogen-bond acceptors (Lipinski definition) is 7. The number of aliphatic hydroxyl groups excluding tert-OH is 1. The van der Waals surface area contributed by atoms with E-state index in [2.05, 4.69) is 16.0 Å². The van der Waals surface area contributed by atoms with Crippen molar-refractivity contribution in [2.45, 2.75) is 57.8 Å². The van der Waals surface area contributed by atoms with Gasteiger partial charge in [-0.25, -0.2) is 4.79 Å². The molecule has 0 radical (unpaired) electrons. The number of rotatable bonds is 12. The number of hydrogen-bond donors (Lipinski definition) is 7. The molecule has 0 saturated carbocycles. The zero-order valence-corrected chi connectivity index (χ0v) is 18.4. The highest BCUT2D eigenvalue weighted by molar-refractivity contribution is 5.94. The van der Waals surface area contributed by atoms with Crippen molar-refractivity contribution < 1.29 is 34.5 Å². The standard InChI is InChI=1S/C21H32N4O7/c1-4-11(2)17(20(30)24-16(10-26)21(31)32)25-19(29)15(23-18(28)12(3)22)9-13-5-7-14(27)8-6-13/h5-8,11-12,15-17,26-27H,4,9-10,22H2,1-3H3,(H,23,28)(H,24,30)(H,25,29)(H,31,32). The first-order chi connectivity index (χ1) is 15.0. The van der Waals surface area contributed by atoms with Crippen molar-refractivity contribution in [1.29, 1.82) is 0 Å². The van der Waals surface area contributed by atoms with E-state index in [-0.39, 0.29) is 18.1 Å². The van der Waals surface area contributed by atoms with Crippen molar-refractivity contribution in [3.05, 3.63) is 29.8 Å². The normalized spacial score (nSPS) is 15.5. The van der Waals surface area contributed by atoms with Crippen LogP contribution < -0.4 is 21.7 Å². The van der Waals surface area contributed by atoms with Crippen molar-refractivity contribution in [1.82, 2.24) is 16.0 Å². The molecule has 0 saturated heterocycles. The van der Waals surface area contributed by atoms with E-state index in [9.17, 15) is 24.3 Å². The summed E-state index contributed by atoms with van der Waals surface area (Å²) >= 11 is 0. The summed E-state index contributed by atoms with van der Waals surface area (Å²) in [5.74, 6) is -3.74. The van der Waals surface area contributed by atoms with Crippen LogP contribution in [0.2, 0.25) is 0 Å². The van der Waals surface area contributed by atoms with Gasteiger partial charge < -0.3 is 37.0 Å². The number of nitrogens with one attached hydrogen (secondary N) is 3. The average Bonchev–Trinajstić information content (AvgIpc) is 2.75. The second kappa shape index (κ2) is 12.6. The van der Waals surface area contributed by atoms with Crippen molar-refractivity contribution in [2.24, 2.45) is 11.7 Å². The first-order valence-corrected chi connectivity index (χ1v) is 10.3. The molecule has 1 aromatic rings. The molecular weight excluding hydrogens is 420 g/mol. The van der Waals surface area contributed by atoms with Crippen molar-refractivity contribution in [3.63, 3.8) is 0 Å². The molecule has 0 aliphatic carbocycles. The van der Waals surface area contributed by atoms with E-state index in [1.807, 2.05) is 0 Å². The summed E-state index contributed by atoms with van der Waals surface area (Å²) in [6, 6.07) is 1.48. The minimum atomic E-state index is -1.52. The Bertz CT molecular complexity index is 798.